The SMILES string of the molecule is CN(O)C(=O)c1cc2cc(CNCc3cccc(Cl)c3)ccc2s1. The van der Waals surface area contributed by atoms with Crippen LogP contribution in [0.1, 0.15) is 20.8 Å². The summed E-state index contributed by atoms with van der Waals surface area (Å²) in [7, 11) is 1.33. The quantitative estimate of drug-likeness (QED) is 0.526. The van der Waals surface area contributed by atoms with Gasteiger partial charge in [0.05, 0.1) is 4.88 Å². The zero-order chi connectivity index (χ0) is 17.1. The van der Waals surface area contributed by atoms with E-state index in [2.05, 4.69) is 11.4 Å². The van der Waals surface area contributed by atoms with Crippen LogP contribution in [0.5, 0.6) is 0 Å². The van der Waals surface area contributed by atoms with E-state index < -0.39 is 5.91 Å². The molecule has 1 amide bonds. The maximum absolute atomic E-state index is 11.8. The van der Waals surface area contributed by atoms with Crippen LogP contribution >= 0.6 is 22.9 Å². The Labute approximate surface area is 149 Å². The Morgan fingerprint density at radius 1 is 1.17 bits per heavy atom. The Balaban J connectivity index is 1.68. The van der Waals surface area contributed by atoms with Gasteiger partial charge in [-0.1, -0.05) is 29.8 Å². The minimum atomic E-state index is -0.392. The molecule has 0 aliphatic heterocycles. The number of fused-ring (bicyclic) bond motifs is 1. The lowest BCUT2D eigenvalue weighted by Crippen LogP contribution is -2.21. The number of hydroxylamine groups is 2. The number of hydrogen-bond acceptors (Lipinski definition) is 4. The molecule has 3 aromatic rings. The molecule has 0 spiro atoms. The first-order valence-electron chi connectivity index (χ1n) is 7.47. The minimum absolute atomic E-state index is 0.392. The summed E-state index contributed by atoms with van der Waals surface area (Å²) in [5.41, 5.74) is 2.27. The van der Waals surface area contributed by atoms with Crippen LogP contribution in [0.3, 0.4) is 0 Å². The highest BCUT2D eigenvalue weighted by molar-refractivity contribution is 7.20. The molecule has 0 aliphatic rings. The Morgan fingerprint density at radius 3 is 2.62 bits per heavy atom. The predicted octanol–water partition coefficient (Wildman–Crippen LogP) is 4.31. The average molecular weight is 361 g/mol. The lowest BCUT2D eigenvalue weighted by atomic mass is 10.1. The summed E-state index contributed by atoms with van der Waals surface area (Å²) < 4.78 is 1.03. The van der Waals surface area contributed by atoms with Gasteiger partial charge in [0, 0.05) is 29.9 Å². The fourth-order valence-corrected chi connectivity index (χ4v) is 3.69. The molecule has 0 bridgehead atoms. The van der Waals surface area contributed by atoms with E-state index in [0.29, 0.717) is 9.94 Å². The van der Waals surface area contributed by atoms with Gasteiger partial charge in [-0.2, -0.15) is 0 Å². The number of hydrogen-bond donors (Lipinski definition) is 2. The molecule has 2 N–H and O–H groups in total. The number of nitrogens with zero attached hydrogens (tertiary/aromatic N) is 1. The van der Waals surface area contributed by atoms with Crippen LogP contribution in [0, 0.1) is 0 Å². The van der Waals surface area contributed by atoms with Gasteiger partial charge >= 0.3 is 0 Å². The molecule has 0 atom stereocenters. The van der Waals surface area contributed by atoms with Gasteiger partial charge in [-0.25, -0.2) is 5.06 Å². The lowest BCUT2D eigenvalue weighted by Gasteiger charge is -2.06. The molecule has 4 nitrogen and oxygen atoms in total. The van der Waals surface area contributed by atoms with Crippen LogP contribution in [-0.4, -0.2) is 23.2 Å². The van der Waals surface area contributed by atoms with Gasteiger partial charge < -0.3 is 5.32 Å². The normalized spacial score (nSPS) is 11.0. The van der Waals surface area contributed by atoms with Crippen LogP contribution < -0.4 is 5.32 Å². The number of halogens is 1. The number of nitrogens with one attached hydrogen (secondary N) is 1. The highest BCUT2D eigenvalue weighted by Gasteiger charge is 2.13. The second-order valence-corrected chi connectivity index (χ2v) is 7.07. The summed E-state index contributed by atoms with van der Waals surface area (Å²) in [6.07, 6.45) is 0. The highest BCUT2D eigenvalue weighted by Crippen LogP contribution is 2.27. The summed E-state index contributed by atoms with van der Waals surface area (Å²) in [4.78, 5) is 12.3. The number of carbonyl (C=O) groups excluding carboxylic acids is 1. The van der Waals surface area contributed by atoms with Gasteiger partial charge in [0.2, 0.25) is 0 Å². The van der Waals surface area contributed by atoms with Gasteiger partial charge in [-0.05, 0) is 46.8 Å². The van der Waals surface area contributed by atoms with Crippen LogP contribution in [0.4, 0.5) is 0 Å². The second-order valence-electron chi connectivity index (χ2n) is 5.55. The Morgan fingerprint density at radius 2 is 1.92 bits per heavy atom. The summed E-state index contributed by atoms with van der Waals surface area (Å²) in [5.74, 6) is -0.392. The fourth-order valence-electron chi connectivity index (χ4n) is 2.47. The van der Waals surface area contributed by atoms with E-state index in [1.54, 1.807) is 0 Å². The zero-order valence-electron chi connectivity index (χ0n) is 13.1. The number of amides is 1. The van der Waals surface area contributed by atoms with Crippen LogP contribution in [0.2, 0.25) is 5.02 Å². The molecule has 1 aromatic heterocycles. The molecule has 0 aliphatic carbocycles. The minimum Gasteiger partial charge on any atom is -0.309 e. The van der Waals surface area contributed by atoms with Gasteiger partial charge in [0.15, 0.2) is 0 Å². The predicted molar refractivity (Wildman–Crippen MR) is 97.7 cm³/mol. The fraction of sp³-hybridized carbons (Fsp3) is 0.167. The van der Waals surface area contributed by atoms with E-state index >= 15 is 0 Å². The molecule has 3 rings (SSSR count). The van der Waals surface area contributed by atoms with Gasteiger partial charge in [0.1, 0.15) is 0 Å². The zero-order valence-corrected chi connectivity index (χ0v) is 14.7. The summed E-state index contributed by atoms with van der Waals surface area (Å²) in [6.45, 7) is 1.46. The van der Waals surface area contributed by atoms with Crippen molar-refractivity contribution >= 4 is 38.9 Å². The Bertz CT molecular complexity index is 876. The molecular formula is C18H17ClN2O2S. The molecule has 124 valence electrons. The van der Waals surface area contributed by atoms with E-state index in [9.17, 15) is 10.0 Å². The third-order valence-electron chi connectivity index (χ3n) is 3.63. The third kappa shape index (κ3) is 3.94. The average Bonchev–Trinajstić information content (AvgIpc) is 2.97. The van der Waals surface area contributed by atoms with Crippen molar-refractivity contribution in [2.75, 3.05) is 7.05 Å². The Kier molecular flexibility index (Phi) is 5.16. The number of thiophene rings is 1. The molecular weight excluding hydrogens is 344 g/mol. The summed E-state index contributed by atoms with van der Waals surface area (Å²) in [5, 5.41) is 15.0. The van der Waals surface area contributed by atoms with Crippen LogP contribution in [-0.2, 0) is 13.1 Å². The molecule has 0 unspecified atom stereocenters. The third-order valence-corrected chi connectivity index (χ3v) is 4.97. The van der Waals surface area contributed by atoms with Crippen molar-refractivity contribution in [2.24, 2.45) is 0 Å². The first kappa shape index (κ1) is 16.9. The number of rotatable bonds is 5. The molecule has 2 aromatic carbocycles. The van der Waals surface area contributed by atoms with E-state index in [0.717, 1.165) is 39.3 Å². The van der Waals surface area contributed by atoms with Gasteiger partial charge in [-0.15, -0.1) is 11.3 Å². The first-order valence-corrected chi connectivity index (χ1v) is 8.67. The van der Waals surface area contributed by atoms with Crippen molar-refractivity contribution in [1.29, 1.82) is 0 Å². The summed E-state index contributed by atoms with van der Waals surface area (Å²) >= 11 is 7.36. The maximum atomic E-state index is 11.8. The van der Waals surface area contributed by atoms with Crippen LogP contribution in [0.15, 0.2) is 48.5 Å². The Hall–Kier alpha value is -1.92. The van der Waals surface area contributed by atoms with Gasteiger partial charge in [-0.3, -0.25) is 10.0 Å². The van der Waals surface area contributed by atoms with Crippen molar-refractivity contribution in [3.8, 4) is 0 Å². The van der Waals surface area contributed by atoms with Crippen molar-refractivity contribution in [2.45, 2.75) is 13.1 Å². The van der Waals surface area contributed by atoms with Crippen molar-refractivity contribution in [3.63, 3.8) is 0 Å². The molecule has 0 fully saturated rings. The molecule has 0 radical (unpaired) electrons. The highest BCUT2D eigenvalue weighted by atomic mass is 35.5. The number of carbonyl (C=O) groups is 1. The van der Waals surface area contributed by atoms with Crippen molar-refractivity contribution in [3.05, 3.63) is 69.6 Å². The summed E-state index contributed by atoms with van der Waals surface area (Å²) in [6, 6.07) is 15.7. The van der Waals surface area contributed by atoms with E-state index in [-0.39, 0.29) is 0 Å². The van der Waals surface area contributed by atoms with Crippen molar-refractivity contribution < 1.29 is 10.0 Å². The smallest absolute Gasteiger partial charge is 0.287 e. The monoisotopic (exact) mass is 360 g/mol. The standard InChI is InChI=1S/C18H17ClN2O2S/c1-21(23)18(22)17-9-14-7-13(5-6-16(14)24-17)11-20-10-12-3-2-4-15(19)8-12/h2-9,20,23H,10-11H2,1H3. The largest absolute Gasteiger partial charge is 0.309 e. The molecule has 0 saturated carbocycles. The van der Waals surface area contributed by atoms with Crippen LogP contribution in [0.25, 0.3) is 10.1 Å². The van der Waals surface area contributed by atoms with Gasteiger partial charge in [0.25, 0.3) is 5.91 Å². The molecule has 24 heavy (non-hydrogen) atoms. The molecule has 0 saturated heterocycles. The lowest BCUT2D eigenvalue weighted by molar-refractivity contribution is -0.0370. The van der Waals surface area contributed by atoms with E-state index in [1.165, 1.54) is 18.4 Å². The van der Waals surface area contributed by atoms with E-state index in [1.807, 2.05) is 42.5 Å². The topological polar surface area (TPSA) is 52.6 Å². The molecule has 1 heterocycles. The maximum Gasteiger partial charge on any atom is 0.287 e. The van der Waals surface area contributed by atoms with E-state index in [4.69, 9.17) is 11.6 Å². The number of benzene rings is 2. The van der Waals surface area contributed by atoms with Crippen molar-refractivity contribution in [1.82, 2.24) is 10.4 Å². The second kappa shape index (κ2) is 7.32. The first-order chi connectivity index (χ1) is 11.5. The molecule has 6 heteroatoms.